The van der Waals surface area contributed by atoms with Crippen LogP contribution in [0.5, 0.6) is 0 Å². The van der Waals surface area contributed by atoms with Gasteiger partial charge in [-0.1, -0.05) is 95.5 Å². The van der Waals surface area contributed by atoms with Crippen molar-refractivity contribution in [2.75, 3.05) is 39.6 Å². The van der Waals surface area contributed by atoms with Gasteiger partial charge in [-0.05, 0) is 103 Å². The highest BCUT2D eigenvalue weighted by molar-refractivity contribution is 5.73. The van der Waals surface area contributed by atoms with Gasteiger partial charge in [0.05, 0.1) is 37.9 Å². The molecule has 3 N–H and O–H groups in total. The maximum Gasteiger partial charge on any atom is 0.307 e. The molecule has 1 aromatic carbocycles. The van der Waals surface area contributed by atoms with Crippen LogP contribution in [0, 0.1) is 56.7 Å². The third-order valence-corrected chi connectivity index (χ3v) is 16.1. The number of hydrogen-bond donors (Lipinski definition) is 2. The molecule has 4 aliphatic carbocycles. The molecule has 2 aromatic rings. The zero-order valence-corrected chi connectivity index (χ0v) is 32.4. The molecule has 280 valence electrons. The number of carboxylic acid groups (broad SMARTS) is 1. The Balaban J connectivity index is 1.29. The molecule has 2 heterocycles. The summed E-state index contributed by atoms with van der Waals surface area (Å²) >= 11 is 0. The van der Waals surface area contributed by atoms with E-state index in [1.54, 1.807) is 4.80 Å². The minimum absolute atomic E-state index is 0.0763. The first-order valence-electron chi connectivity index (χ1n) is 19.4. The number of likely N-dealkylation sites (N-methyl/N-ethyl adjacent to an activating group) is 1. The highest BCUT2D eigenvalue weighted by atomic mass is 16.5. The fraction of sp³-hybridized carbons (Fsp3) is 0.756. The van der Waals surface area contributed by atoms with Crippen molar-refractivity contribution in [1.29, 1.82) is 0 Å². The Morgan fingerprint density at radius 3 is 2.43 bits per heavy atom. The fourth-order valence-corrected chi connectivity index (χ4v) is 12.9. The van der Waals surface area contributed by atoms with Crippen LogP contribution >= 0.6 is 0 Å². The average Bonchev–Trinajstić information content (AvgIpc) is 3.51. The van der Waals surface area contributed by atoms with Gasteiger partial charge in [0.25, 0.3) is 5.95 Å². The van der Waals surface area contributed by atoms with Gasteiger partial charge < -0.3 is 25.2 Å². The number of ether oxygens (including phenoxy) is 2. The number of allylic oxidation sites excluding steroid dienone is 1. The molecule has 0 radical (unpaired) electrons. The van der Waals surface area contributed by atoms with Gasteiger partial charge in [0.2, 0.25) is 0 Å². The molecule has 1 saturated heterocycles. The number of fused-ring (bicyclic) bond motifs is 3. The highest BCUT2D eigenvalue weighted by Crippen LogP contribution is 2.75. The van der Waals surface area contributed by atoms with Crippen molar-refractivity contribution in [2.45, 2.75) is 105 Å². The van der Waals surface area contributed by atoms with E-state index in [0.29, 0.717) is 37.6 Å². The second kappa shape index (κ2) is 12.7. The van der Waals surface area contributed by atoms with Crippen molar-refractivity contribution < 1.29 is 19.4 Å². The minimum atomic E-state index is -0.630. The number of benzene rings is 1. The summed E-state index contributed by atoms with van der Waals surface area (Å²) in [5.74, 6) is 0.460. The number of carboxylic acids is 1. The Morgan fingerprint density at radius 1 is 1.08 bits per heavy atom. The van der Waals surface area contributed by atoms with Crippen molar-refractivity contribution in [1.82, 2.24) is 25.1 Å². The monoisotopic (exact) mass is 702 g/mol. The topological polar surface area (TPSA) is 129 Å². The molecule has 0 spiro atoms. The van der Waals surface area contributed by atoms with Crippen molar-refractivity contribution >= 4 is 11.9 Å². The number of rotatable bonds is 9. The van der Waals surface area contributed by atoms with Crippen LogP contribution in [0.1, 0.15) is 105 Å². The summed E-state index contributed by atoms with van der Waals surface area (Å²) in [4.78, 5) is 17.4. The van der Waals surface area contributed by atoms with E-state index < -0.39 is 11.9 Å². The number of aliphatic carboxylic acids is 1. The predicted octanol–water partition coefficient (Wildman–Crippen LogP) is 7.07. The van der Waals surface area contributed by atoms with Crippen LogP contribution in [0.4, 0.5) is 5.95 Å². The van der Waals surface area contributed by atoms with Gasteiger partial charge in [-0.25, -0.2) is 0 Å². The Morgan fingerprint density at radius 2 is 1.80 bits per heavy atom. The molecule has 1 aliphatic heterocycles. The fourth-order valence-electron chi connectivity index (χ4n) is 12.9. The molecule has 7 rings (SSSR count). The largest absolute Gasteiger partial charge is 0.481 e. The Hall–Kier alpha value is -2.82. The lowest BCUT2D eigenvalue weighted by Gasteiger charge is -2.71. The van der Waals surface area contributed by atoms with Gasteiger partial charge >= 0.3 is 5.97 Å². The quantitative estimate of drug-likeness (QED) is 0.264. The number of nitrogens with zero attached hydrogens (tertiary/aromatic N) is 5. The van der Waals surface area contributed by atoms with Gasteiger partial charge in [0.1, 0.15) is 6.04 Å². The van der Waals surface area contributed by atoms with Gasteiger partial charge in [0.15, 0.2) is 0 Å². The summed E-state index contributed by atoms with van der Waals surface area (Å²) in [5.41, 5.74) is 7.47. The van der Waals surface area contributed by atoms with Gasteiger partial charge in [-0.15, -0.1) is 5.10 Å². The summed E-state index contributed by atoms with van der Waals surface area (Å²) in [6.45, 7) is 17.9. The lowest BCUT2D eigenvalue weighted by atomic mass is 9.34. The highest BCUT2D eigenvalue weighted by Gasteiger charge is 2.72. The number of anilines is 1. The van der Waals surface area contributed by atoms with Gasteiger partial charge in [-0.2, -0.15) is 4.80 Å². The lowest BCUT2D eigenvalue weighted by Crippen LogP contribution is -2.69. The number of nitrogen functional groups attached to an aromatic ring is 1. The van der Waals surface area contributed by atoms with E-state index in [9.17, 15) is 9.90 Å². The van der Waals surface area contributed by atoms with E-state index in [4.69, 9.17) is 15.2 Å². The summed E-state index contributed by atoms with van der Waals surface area (Å²) in [5, 5.41) is 24.3. The summed E-state index contributed by atoms with van der Waals surface area (Å²) in [7, 11) is 4.21. The normalized spacial score (nSPS) is 41.6. The van der Waals surface area contributed by atoms with E-state index in [0.717, 1.165) is 38.5 Å². The van der Waals surface area contributed by atoms with E-state index in [-0.39, 0.29) is 57.1 Å². The molecule has 3 saturated carbocycles. The Kier molecular flexibility index (Phi) is 9.06. The van der Waals surface area contributed by atoms with E-state index in [2.05, 4.69) is 113 Å². The van der Waals surface area contributed by atoms with Crippen molar-refractivity contribution in [3.63, 3.8) is 0 Å². The second-order valence-corrected chi connectivity index (χ2v) is 18.7. The summed E-state index contributed by atoms with van der Waals surface area (Å²) in [6.07, 6.45) is 7.88. The van der Waals surface area contributed by atoms with Crippen LogP contribution in [0.15, 0.2) is 42.0 Å². The molecule has 1 aromatic heterocycles. The first-order chi connectivity index (χ1) is 24.0. The van der Waals surface area contributed by atoms with Crippen LogP contribution in [0.25, 0.3) is 0 Å². The first kappa shape index (κ1) is 36.5. The average molecular weight is 703 g/mol. The summed E-state index contributed by atoms with van der Waals surface area (Å²) < 4.78 is 13.9. The molecule has 10 nitrogen and oxygen atoms in total. The van der Waals surface area contributed by atoms with E-state index >= 15 is 0 Å². The SMILES string of the molecule is CC(C)[C@@H](C)[C@@]1(C)CC[C@]2(C)[C@H]3CC[C@@H]4[C@@]5(COC[C@@]4(C)[C@@H](OC[C@H](c4ccccc4)N(C)C)[C@H](n4nnc(N)n4)C5)C3=CC[C@@]2(C)[C@@H]1C(=O)O. The van der Waals surface area contributed by atoms with E-state index in [1.807, 2.05) is 6.07 Å². The standard InChI is InChI=1S/C41H62N6O4/c1-25(2)26(3)37(4)19-20-39(6)28-15-16-32-38(5)23-50-24-41(32,29(28)17-18-40(39,7)33(37)35(48)49)21-30(47-44-36(42)43-45-47)34(38)51-22-31(46(8)9)27-13-11-10-12-14-27/h10-14,17,25-26,28,30-34H,15-16,18-24H2,1-9H3,(H2,42,44)(H,48,49)/t26-,28+,30-,31-,32+,33-,34+,37-,38-,39-,40+,41+/m1/s1. The maximum atomic E-state index is 13.5. The molecule has 4 fully saturated rings. The number of tetrazole rings is 1. The zero-order valence-electron chi connectivity index (χ0n) is 32.4. The van der Waals surface area contributed by atoms with Crippen LogP contribution < -0.4 is 5.73 Å². The second-order valence-electron chi connectivity index (χ2n) is 18.7. The number of carbonyl (C=O) groups is 1. The van der Waals surface area contributed by atoms with Crippen molar-refractivity contribution in [3.05, 3.63) is 47.5 Å². The third-order valence-electron chi connectivity index (χ3n) is 16.1. The Labute approximate surface area is 304 Å². The molecule has 2 bridgehead atoms. The molecule has 12 atom stereocenters. The predicted molar refractivity (Wildman–Crippen MR) is 197 cm³/mol. The Bertz CT molecular complexity index is 1650. The van der Waals surface area contributed by atoms with Crippen LogP contribution in [-0.4, -0.2) is 76.2 Å². The molecule has 10 heteroatoms. The molecular weight excluding hydrogens is 640 g/mol. The van der Waals surface area contributed by atoms with Crippen molar-refractivity contribution in [2.24, 2.45) is 56.7 Å². The van der Waals surface area contributed by atoms with Gasteiger partial charge in [0, 0.05) is 10.8 Å². The molecule has 0 unspecified atom stereocenters. The summed E-state index contributed by atoms with van der Waals surface area (Å²) in [6, 6.07) is 10.4. The molecular formula is C41H62N6O4. The molecule has 0 amide bonds. The lowest BCUT2D eigenvalue weighted by molar-refractivity contribution is -0.253. The number of nitrogens with two attached hydrogens (primary N) is 1. The van der Waals surface area contributed by atoms with E-state index in [1.165, 1.54) is 11.1 Å². The minimum Gasteiger partial charge on any atom is -0.481 e. The van der Waals surface area contributed by atoms with Crippen LogP contribution in [0.3, 0.4) is 0 Å². The molecule has 51 heavy (non-hydrogen) atoms. The smallest absolute Gasteiger partial charge is 0.307 e. The third kappa shape index (κ3) is 5.27. The number of aromatic nitrogens is 4. The first-order valence-corrected chi connectivity index (χ1v) is 19.4. The van der Waals surface area contributed by atoms with Crippen LogP contribution in [-0.2, 0) is 14.3 Å². The maximum absolute atomic E-state index is 13.5. The molecule has 5 aliphatic rings. The van der Waals surface area contributed by atoms with Crippen LogP contribution in [0.2, 0.25) is 0 Å². The van der Waals surface area contributed by atoms with Gasteiger partial charge in [-0.3, -0.25) is 4.79 Å². The van der Waals surface area contributed by atoms with Crippen molar-refractivity contribution in [3.8, 4) is 0 Å². The number of hydrogen-bond acceptors (Lipinski definition) is 8. The zero-order chi connectivity index (χ0) is 36.7.